The maximum Gasteiger partial charge on any atom is 0.259 e. The van der Waals surface area contributed by atoms with E-state index in [-0.39, 0.29) is 10.5 Å². The average molecular weight is 329 g/mol. The van der Waals surface area contributed by atoms with Gasteiger partial charge in [0.25, 0.3) is 5.56 Å². The number of hydrogen-bond donors (Lipinski definition) is 1. The van der Waals surface area contributed by atoms with Gasteiger partial charge in [-0.1, -0.05) is 12.1 Å². The third kappa shape index (κ3) is 2.76. The van der Waals surface area contributed by atoms with Crippen molar-refractivity contribution in [1.82, 2.24) is 14.3 Å². The van der Waals surface area contributed by atoms with Gasteiger partial charge >= 0.3 is 0 Å². The van der Waals surface area contributed by atoms with Crippen molar-refractivity contribution in [1.29, 1.82) is 0 Å². The summed E-state index contributed by atoms with van der Waals surface area (Å²) in [7, 11) is -0.522. The van der Waals surface area contributed by atoms with Crippen molar-refractivity contribution in [3.63, 3.8) is 0 Å². The fraction of sp³-hybridized carbons (Fsp3) is 0.125. The van der Waals surface area contributed by atoms with E-state index in [1.165, 1.54) is 26.2 Å². The third-order valence-electron chi connectivity index (χ3n) is 3.52. The van der Waals surface area contributed by atoms with Crippen LogP contribution in [0.25, 0.3) is 22.3 Å². The highest BCUT2D eigenvalue weighted by atomic mass is 32.2. The average Bonchev–Trinajstić information content (AvgIpc) is 2.55. The molecule has 0 radical (unpaired) electrons. The fourth-order valence-electron chi connectivity index (χ4n) is 2.22. The Kier molecular flexibility index (Phi) is 3.75. The number of hydrogen-bond acceptors (Lipinski definition) is 4. The molecule has 1 N–H and O–H groups in total. The second kappa shape index (κ2) is 5.60. The summed E-state index contributed by atoms with van der Waals surface area (Å²) in [6.07, 6.45) is 0. The molecule has 0 aliphatic carbocycles. The molecule has 3 aromatic rings. The molecule has 23 heavy (non-hydrogen) atoms. The van der Waals surface area contributed by atoms with E-state index in [4.69, 9.17) is 0 Å². The largest absolute Gasteiger partial charge is 0.306 e. The molecule has 118 valence electrons. The van der Waals surface area contributed by atoms with E-state index in [0.29, 0.717) is 22.3 Å². The van der Waals surface area contributed by atoms with Crippen LogP contribution < -0.4 is 5.56 Å². The standard InChI is InChI=1S/C16H15N3O3S/c1-19(2)23(21,22)12-9-7-11(8-10-12)15-17-14-6-4-3-5-13(14)16(20)18-15/h3-10H,1-2H3,(H,17,18,20). The van der Waals surface area contributed by atoms with Gasteiger partial charge < -0.3 is 4.98 Å². The van der Waals surface area contributed by atoms with Gasteiger partial charge in [0.05, 0.1) is 15.8 Å². The van der Waals surface area contributed by atoms with Gasteiger partial charge in [0.1, 0.15) is 5.82 Å². The van der Waals surface area contributed by atoms with Crippen LogP contribution in [0.15, 0.2) is 58.2 Å². The molecule has 0 aliphatic rings. The first-order valence-corrected chi connectivity index (χ1v) is 8.35. The molecule has 0 bridgehead atoms. The smallest absolute Gasteiger partial charge is 0.259 e. The Hall–Kier alpha value is -2.51. The number of benzene rings is 2. The van der Waals surface area contributed by atoms with Crippen LogP contribution in [0.3, 0.4) is 0 Å². The minimum Gasteiger partial charge on any atom is -0.306 e. The summed E-state index contributed by atoms with van der Waals surface area (Å²) < 4.78 is 25.3. The zero-order valence-electron chi connectivity index (χ0n) is 12.6. The van der Waals surface area contributed by atoms with Gasteiger partial charge in [-0.3, -0.25) is 4.79 Å². The van der Waals surface area contributed by atoms with Crippen LogP contribution in [0.4, 0.5) is 0 Å². The molecule has 7 heteroatoms. The van der Waals surface area contributed by atoms with Crippen LogP contribution in [-0.4, -0.2) is 36.8 Å². The van der Waals surface area contributed by atoms with Crippen molar-refractivity contribution in [2.75, 3.05) is 14.1 Å². The lowest BCUT2D eigenvalue weighted by atomic mass is 10.2. The summed E-state index contributed by atoms with van der Waals surface area (Å²) in [6, 6.07) is 13.3. The Morgan fingerprint density at radius 3 is 2.30 bits per heavy atom. The minimum atomic E-state index is -3.48. The molecule has 0 aliphatic heterocycles. The first-order chi connectivity index (χ1) is 10.9. The second-order valence-corrected chi connectivity index (χ2v) is 7.40. The summed E-state index contributed by atoms with van der Waals surface area (Å²) in [4.78, 5) is 19.4. The van der Waals surface area contributed by atoms with Crippen molar-refractivity contribution < 1.29 is 8.42 Å². The SMILES string of the molecule is CN(C)S(=O)(=O)c1ccc(-c2nc3ccccc3c(=O)[nH]2)cc1. The number of rotatable bonds is 3. The molecular formula is C16H15N3O3S. The molecular weight excluding hydrogens is 314 g/mol. The molecule has 0 fully saturated rings. The first-order valence-electron chi connectivity index (χ1n) is 6.91. The topological polar surface area (TPSA) is 83.1 Å². The highest BCUT2D eigenvalue weighted by Crippen LogP contribution is 2.20. The predicted octanol–water partition coefficient (Wildman–Crippen LogP) is 1.84. The molecule has 0 saturated heterocycles. The van der Waals surface area contributed by atoms with Crippen LogP contribution in [-0.2, 0) is 10.0 Å². The molecule has 6 nitrogen and oxygen atoms in total. The van der Waals surface area contributed by atoms with Crippen molar-refractivity contribution in [2.45, 2.75) is 4.90 Å². The molecule has 0 atom stereocenters. The Bertz CT molecular complexity index is 1020. The molecule has 0 amide bonds. The summed E-state index contributed by atoms with van der Waals surface area (Å²) in [6.45, 7) is 0. The van der Waals surface area contributed by atoms with Gasteiger partial charge in [0.15, 0.2) is 0 Å². The number of aromatic nitrogens is 2. The summed E-state index contributed by atoms with van der Waals surface area (Å²) in [5.74, 6) is 0.405. The van der Waals surface area contributed by atoms with Crippen LogP contribution >= 0.6 is 0 Å². The number of nitrogens with zero attached hydrogens (tertiary/aromatic N) is 2. The number of para-hydroxylation sites is 1. The van der Waals surface area contributed by atoms with Crippen LogP contribution in [0, 0.1) is 0 Å². The monoisotopic (exact) mass is 329 g/mol. The molecule has 0 saturated carbocycles. The van der Waals surface area contributed by atoms with Crippen molar-refractivity contribution in [3.8, 4) is 11.4 Å². The van der Waals surface area contributed by atoms with E-state index >= 15 is 0 Å². The molecule has 0 spiro atoms. The Morgan fingerprint density at radius 2 is 1.65 bits per heavy atom. The Balaban J connectivity index is 2.08. The normalized spacial score (nSPS) is 12.0. The van der Waals surface area contributed by atoms with Crippen LogP contribution in [0.5, 0.6) is 0 Å². The van der Waals surface area contributed by atoms with Crippen LogP contribution in [0.1, 0.15) is 0 Å². The van der Waals surface area contributed by atoms with Crippen molar-refractivity contribution in [3.05, 3.63) is 58.9 Å². The summed E-state index contributed by atoms with van der Waals surface area (Å²) in [5, 5.41) is 0.517. The Morgan fingerprint density at radius 1 is 1.00 bits per heavy atom. The highest BCUT2D eigenvalue weighted by Gasteiger charge is 2.17. The maximum absolute atomic E-state index is 12.1. The van der Waals surface area contributed by atoms with Crippen molar-refractivity contribution in [2.24, 2.45) is 0 Å². The fourth-order valence-corrected chi connectivity index (χ4v) is 3.12. The molecule has 2 aromatic carbocycles. The summed E-state index contributed by atoms with van der Waals surface area (Å²) in [5.41, 5.74) is 1.01. The van der Waals surface area contributed by atoms with Gasteiger partial charge in [-0.15, -0.1) is 0 Å². The van der Waals surface area contributed by atoms with Crippen LogP contribution in [0.2, 0.25) is 0 Å². The van der Waals surface area contributed by atoms with Gasteiger partial charge in [0, 0.05) is 19.7 Å². The number of fused-ring (bicyclic) bond motifs is 1. The van der Waals surface area contributed by atoms with E-state index in [0.717, 1.165) is 4.31 Å². The number of aromatic amines is 1. The number of nitrogens with one attached hydrogen (secondary N) is 1. The highest BCUT2D eigenvalue weighted by molar-refractivity contribution is 7.89. The molecule has 1 heterocycles. The summed E-state index contributed by atoms with van der Waals surface area (Å²) >= 11 is 0. The number of H-pyrrole nitrogens is 1. The lowest BCUT2D eigenvalue weighted by molar-refractivity contribution is 0.521. The zero-order valence-corrected chi connectivity index (χ0v) is 13.5. The minimum absolute atomic E-state index is 0.189. The third-order valence-corrected chi connectivity index (χ3v) is 5.35. The van der Waals surface area contributed by atoms with E-state index in [1.807, 2.05) is 6.07 Å². The number of sulfonamides is 1. The Labute approximate surface area is 133 Å². The van der Waals surface area contributed by atoms with E-state index in [9.17, 15) is 13.2 Å². The quantitative estimate of drug-likeness (QED) is 0.795. The lowest BCUT2D eigenvalue weighted by Crippen LogP contribution is -2.22. The first kappa shape index (κ1) is 15.4. The molecule has 3 rings (SSSR count). The zero-order chi connectivity index (χ0) is 16.6. The van der Waals surface area contributed by atoms with Gasteiger partial charge in [-0.05, 0) is 36.4 Å². The second-order valence-electron chi connectivity index (χ2n) is 5.24. The molecule has 1 aromatic heterocycles. The van der Waals surface area contributed by atoms with Gasteiger partial charge in [0.2, 0.25) is 10.0 Å². The van der Waals surface area contributed by atoms with Gasteiger partial charge in [-0.2, -0.15) is 0 Å². The van der Waals surface area contributed by atoms with E-state index in [2.05, 4.69) is 9.97 Å². The van der Waals surface area contributed by atoms with Gasteiger partial charge in [-0.25, -0.2) is 17.7 Å². The van der Waals surface area contributed by atoms with E-state index in [1.54, 1.807) is 30.3 Å². The molecule has 0 unspecified atom stereocenters. The van der Waals surface area contributed by atoms with Crippen molar-refractivity contribution >= 4 is 20.9 Å². The lowest BCUT2D eigenvalue weighted by Gasteiger charge is -2.11. The predicted molar refractivity (Wildman–Crippen MR) is 88.7 cm³/mol. The van der Waals surface area contributed by atoms with E-state index < -0.39 is 10.0 Å². The maximum atomic E-state index is 12.1.